The monoisotopic (exact) mass is 423 g/mol. The Balaban J connectivity index is 1.68. The van der Waals surface area contributed by atoms with Crippen molar-refractivity contribution in [2.75, 3.05) is 0 Å². The van der Waals surface area contributed by atoms with Crippen LogP contribution >= 0.6 is 11.3 Å². The fraction of sp³-hybridized carbons (Fsp3) is 0.739. The number of aryl methyl sites for hydroxylation is 1. The number of carbonyl (C=O) groups is 1. The molecule has 1 aromatic rings. The molecule has 6 atom stereocenters. The highest BCUT2D eigenvalue weighted by atomic mass is 32.1. The van der Waals surface area contributed by atoms with Crippen LogP contribution in [0.25, 0.3) is 6.08 Å². The second-order valence-corrected chi connectivity index (χ2v) is 9.95. The highest BCUT2D eigenvalue weighted by molar-refractivity contribution is 7.09. The molecule has 2 heterocycles. The number of thiazole rings is 1. The van der Waals surface area contributed by atoms with Crippen molar-refractivity contribution in [2.45, 2.75) is 91.6 Å². The summed E-state index contributed by atoms with van der Waals surface area (Å²) in [4.78, 5) is 16.5. The first-order valence-corrected chi connectivity index (χ1v) is 11.6. The van der Waals surface area contributed by atoms with E-state index in [1.54, 1.807) is 11.3 Å². The molecule has 1 aromatic heterocycles. The molecule has 0 unspecified atom stereocenters. The molecule has 0 saturated carbocycles. The average molecular weight is 424 g/mol. The first-order valence-electron chi connectivity index (χ1n) is 10.8. The van der Waals surface area contributed by atoms with Gasteiger partial charge in [0, 0.05) is 23.6 Å². The van der Waals surface area contributed by atoms with E-state index in [0.717, 1.165) is 35.5 Å². The molecule has 0 bridgehead atoms. The number of nitrogens with zero attached hydrogens (tertiary/aromatic N) is 1. The van der Waals surface area contributed by atoms with Crippen molar-refractivity contribution in [3.8, 4) is 0 Å². The van der Waals surface area contributed by atoms with Crippen LogP contribution < -0.4 is 0 Å². The zero-order valence-corrected chi connectivity index (χ0v) is 19.4. The number of aromatic nitrogens is 1. The van der Waals surface area contributed by atoms with E-state index in [-0.39, 0.29) is 35.7 Å². The molecule has 1 saturated heterocycles. The van der Waals surface area contributed by atoms with Gasteiger partial charge < -0.3 is 14.9 Å². The molecule has 0 radical (unpaired) electrons. The lowest BCUT2D eigenvalue weighted by Gasteiger charge is -2.25. The lowest BCUT2D eigenvalue weighted by Crippen LogP contribution is -2.33. The Kier molecular flexibility index (Phi) is 9.01. The molecule has 0 aliphatic carbocycles. The number of aliphatic hydroxyl groups is 2. The third-order valence-corrected chi connectivity index (χ3v) is 6.73. The minimum absolute atomic E-state index is 0.0454. The maximum atomic E-state index is 12.1. The van der Waals surface area contributed by atoms with Gasteiger partial charge in [-0.3, -0.25) is 4.79 Å². The Labute approximate surface area is 179 Å². The first kappa shape index (κ1) is 24.2. The van der Waals surface area contributed by atoms with Crippen molar-refractivity contribution >= 4 is 23.2 Å². The molecule has 164 valence electrons. The minimum atomic E-state index is -0.593. The van der Waals surface area contributed by atoms with E-state index in [1.807, 2.05) is 53.0 Å². The Morgan fingerprint density at radius 1 is 1.28 bits per heavy atom. The van der Waals surface area contributed by atoms with Gasteiger partial charge in [-0.15, -0.1) is 11.3 Å². The molecule has 2 rings (SSSR count). The number of ketones is 1. The van der Waals surface area contributed by atoms with Crippen LogP contribution in [0.15, 0.2) is 11.0 Å². The summed E-state index contributed by atoms with van der Waals surface area (Å²) in [6, 6.07) is 0. The summed E-state index contributed by atoms with van der Waals surface area (Å²) >= 11 is 1.60. The number of ether oxygens (including phenoxy) is 1. The molecule has 5 nitrogen and oxygen atoms in total. The summed E-state index contributed by atoms with van der Waals surface area (Å²) in [6.07, 6.45) is 4.47. The predicted octanol–water partition coefficient (Wildman–Crippen LogP) is 4.40. The van der Waals surface area contributed by atoms with Gasteiger partial charge in [-0.1, -0.05) is 34.1 Å². The van der Waals surface area contributed by atoms with E-state index in [4.69, 9.17) is 4.74 Å². The summed E-state index contributed by atoms with van der Waals surface area (Å²) in [5.74, 6) is -0.153. The molecule has 0 amide bonds. The maximum Gasteiger partial charge on any atom is 0.140 e. The van der Waals surface area contributed by atoms with E-state index in [9.17, 15) is 15.0 Å². The van der Waals surface area contributed by atoms with Crippen LogP contribution in [0.3, 0.4) is 0 Å². The normalized spacial score (nSPS) is 23.7. The van der Waals surface area contributed by atoms with Gasteiger partial charge in [-0.25, -0.2) is 4.98 Å². The van der Waals surface area contributed by atoms with Crippen molar-refractivity contribution in [1.82, 2.24) is 4.98 Å². The average Bonchev–Trinajstić information content (AvgIpc) is 3.27. The highest BCUT2D eigenvalue weighted by Gasteiger charge is 2.39. The maximum absolute atomic E-state index is 12.1. The lowest BCUT2D eigenvalue weighted by atomic mass is 9.84. The highest BCUT2D eigenvalue weighted by Crippen LogP contribution is 2.33. The Morgan fingerprint density at radius 2 is 1.97 bits per heavy atom. The van der Waals surface area contributed by atoms with Gasteiger partial charge in [0.2, 0.25) is 0 Å². The number of epoxide rings is 1. The van der Waals surface area contributed by atoms with Crippen LogP contribution in [0.1, 0.15) is 71.0 Å². The van der Waals surface area contributed by atoms with E-state index < -0.39 is 12.2 Å². The summed E-state index contributed by atoms with van der Waals surface area (Å²) < 4.78 is 5.73. The van der Waals surface area contributed by atoms with Crippen molar-refractivity contribution < 1.29 is 19.7 Å². The van der Waals surface area contributed by atoms with E-state index in [1.165, 1.54) is 0 Å². The third-order valence-electron chi connectivity index (χ3n) is 5.94. The first-order chi connectivity index (χ1) is 13.6. The number of carbonyl (C=O) groups excluding carboxylic acids is 1. The third kappa shape index (κ3) is 7.28. The molecule has 1 aliphatic heterocycles. The quantitative estimate of drug-likeness (QED) is 0.487. The SMILES string of the molecule is C/C(=C\c1csc(C)n1)[C@@H](O)C[C@@H]1O[C@@H]1CCC[C@H](C)[C@H](O)[C@@H](C)C(=O)C(C)C. The second kappa shape index (κ2) is 10.8. The number of hydrogen-bond acceptors (Lipinski definition) is 6. The van der Waals surface area contributed by atoms with Gasteiger partial charge in [0.25, 0.3) is 0 Å². The Hall–Kier alpha value is -1.08. The molecular formula is C23H37NO4S. The molecule has 1 fully saturated rings. The second-order valence-electron chi connectivity index (χ2n) is 8.89. The van der Waals surface area contributed by atoms with Gasteiger partial charge in [0.1, 0.15) is 5.78 Å². The van der Waals surface area contributed by atoms with Gasteiger partial charge in [0.15, 0.2) is 0 Å². The lowest BCUT2D eigenvalue weighted by molar-refractivity contribution is -0.129. The molecule has 2 N–H and O–H groups in total. The van der Waals surface area contributed by atoms with E-state index >= 15 is 0 Å². The number of rotatable bonds is 12. The standard InChI is InChI=1S/C23H37NO4S/c1-13(2)22(26)16(5)23(27)14(3)8-7-9-20-21(28-20)11-19(25)15(4)10-18-12-29-17(6)24-18/h10,12-14,16,19-21,23,25,27H,7-9,11H2,1-6H3/b15-10+/t14-,16-,19-,20+,21-,23-/m0/s1. The Morgan fingerprint density at radius 3 is 2.55 bits per heavy atom. The van der Waals surface area contributed by atoms with Gasteiger partial charge >= 0.3 is 0 Å². The van der Waals surface area contributed by atoms with Crippen LogP contribution in [0.4, 0.5) is 0 Å². The molecule has 1 aliphatic rings. The van der Waals surface area contributed by atoms with Crippen molar-refractivity contribution in [3.05, 3.63) is 21.7 Å². The summed E-state index contributed by atoms with van der Waals surface area (Å²) in [7, 11) is 0. The number of aliphatic hydroxyl groups excluding tert-OH is 2. The zero-order valence-electron chi connectivity index (χ0n) is 18.6. The van der Waals surface area contributed by atoms with Gasteiger partial charge in [-0.05, 0) is 44.3 Å². The van der Waals surface area contributed by atoms with Gasteiger partial charge in [-0.2, -0.15) is 0 Å². The topological polar surface area (TPSA) is 83.0 Å². The van der Waals surface area contributed by atoms with Crippen LogP contribution in [0.5, 0.6) is 0 Å². The van der Waals surface area contributed by atoms with Crippen LogP contribution in [0.2, 0.25) is 0 Å². The van der Waals surface area contributed by atoms with Crippen molar-refractivity contribution in [3.63, 3.8) is 0 Å². The molecule has 29 heavy (non-hydrogen) atoms. The zero-order chi connectivity index (χ0) is 21.7. The molecule has 0 spiro atoms. The number of hydrogen-bond donors (Lipinski definition) is 2. The summed E-state index contributed by atoms with van der Waals surface area (Å²) in [5.41, 5.74) is 1.81. The smallest absolute Gasteiger partial charge is 0.140 e. The predicted molar refractivity (Wildman–Crippen MR) is 118 cm³/mol. The minimum Gasteiger partial charge on any atom is -0.392 e. The molecular weight excluding hydrogens is 386 g/mol. The fourth-order valence-corrected chi connectivity index (χ4v) is 4.39. The van der Waals surface area contributed by atoms with Crippen molar-refractivity contribution in [1.29, 1.82) is 0 Å². The fourth-order valence-electron chi connectivity index (χ4n) is 3.82. The summed E-state index contributed by atoms with van der Waals surface area (Å²) in [5, 5.41) is 23.9. The van der Waals surface area contributed by atoms with Gasteiger partial charge in [0.05, 0.1) is 35.1 Å². The molecule has 6 heteroatoms. The molecule has 0 aromatic carbocycles. The van der Waals surface area contributed by atoms with Crippen LogP contribution in [-0.2, 0) is 9.53 Å². The van der Waals surface area contributed by atoms with E-state index in [0.29, 0.717) is 6.42 Å². The van der Waals surface area contributed by atoms with Crippen LogP contribution in [0, 0.1) is 24.7 Å². The van der Waals surface area contributed by atoms with Crippen LogP contribution in [-0.4, -0.2) is 45.4 Å². The van der Waals surface area contributed by atoms with E-state index in [2.05, 4.69) is 4.98 Å². The summed E-state index contributed by atoms with van der Waals surface area (Å²) in [6.45, 7) is 11.5. The van der Waals surface area contributed by atoms with Crippen molar-refractivity contribution in [2.24, 2.45) is 17.8 Å². The number of Topliss-reactive ketones (excluding diaryl/α,β-unsaturated/α-hetero) is 1. The Bertz CT molecular complexity index is 699. The largest absolute Gasteiger partial charge is 0.392 e.